The first-order valence-electron chi connectivity index (χ1n) is 13.5. The van der Waals surface area contributed by atoms with Gasteiger partial charge in [-0.05, 0) is 73.5 Å². The average Bonchev–Trinajstić information content (AvgIpc) is 2.98. The van der Waals surface area contributed by atoms with Crippen molar-refractivity contribution in [3.63, 3.8) is 0 Å². The Morgan fingerprint density at radius 2 is 1.53 bits per heavy atom. The maximum absolute atomic E-state index is 13.4. The van der Waals surface area contributed by atoms with Gasteiger partial charge in [0.2, 0.25) is 0 Å². The molecule has 0 aliphatic carbocycles. The number of hydrogen-bond donors (Lipinski definition) is 1. The molecular formula is C34H29ClN2O6. The van der Waals surface area contributed by atoms with Crippen molar-refractivity contribution in [2.75, 3.05) is 12.0 Å². The van der Waals surface area contributed by atoms with Crippen LogP contribution in [-0.4, -0.2) is 25.0 Å². The fourth-order valence-corrected chi connectivity index (χ4v) is 4.92. The number of ether oxygens (including phenoxy) is 3. The summed E-state index contributed by atoms with van der Waals surface area (Å²) in [5.41, 5.74) is 4.74. The van der Waals surface area contributed by atoms with Gasteiger partial charge in [0.1, 0.15) is 24.5 Å². The Bertz CT molecular complexity index is 1710. The molecule has 5 rings (SSSR count). The molecule has 43 heavy (non-hydrogen) atoms. The molecule has 0 bridgehead atoms. The van der Waals surface area contributed by atoms with Gasteiger partial charge in [0.25, 0.3) is 11.8 Å². The zero-order chi connectivity index (χ0) is 30.5. The van der Waals surface area contributed by atoms with Crippen LogP contribution in [0.25, 0.3) is 6.08 Å². The predicted octanol–water partition coefficient (Wildman–Crippen LogP) is 6.79. The van der Waals surface area contributed by atoms with Gasteiger partial charge < -0.3 is 14.2 Å². The summed E-state index contributed by atoms with van der Waals surface area (Å²) in [7, 11) is 1.51. The lowest BCUT2D eigenvalue weighted by atomic mass is 10.1. The van der Waals surface area contributed by atoms with E-state index in [-0.39, 0.29) is 17.9 Å². The molecule has 9 heteroatoms. The number of imide groups is 2. The third kappa shape index (κ3) is 6.88. The molecule has 4 aromatic carbocycles. The Morgan fingerprint density at radius 3 is 2.23 bits per heavy atom. The van der Waals surface area contributed by atoms with Crippen molar-refractivity contribution in [3.8, 4) is 17.2 Å². The second-order valence-electron chi connectivity index (χ2n) is 10.0. The highest BCUT2D eigenvalue weighted by atomic mass is 35.5. The maximum atomic E-state index is 13.4. The molecule has 1 heterocycles. The van der Waals surface area contributed by atoms with Gasteiger partial charge in [-0.1, -0.05) is 65.2 Å². The summed E-state index contributed by atoms with van der Waals surface area (Å²) >= 11 is 6.19. The Kier molecular flexibility index (Phi) is 8.78. The summed E-state index contributed by atoms with van der Waals surface area (Å²) in [6, 6.07) is 24.2. The van der Waals surface area contributed by atoms with Crippen molar-refractivity contribution in [2.45, 2.75) is 27.1 Å². The summed E-state index contributed by atoms with van der Waals surface area (Å²) in [5, 5.41) is 2.83. The van der Waals surface area contributed by atoms with E-state index >= 15 is 0 Å². The first-order chi connectivity index (χ1) is 20.7. The minimum absolute atomic E-state index is 0.204. The van der Waals surface area contributed by atoms with E-state index in [1.807, 2.05) is 32.0 Å². The number of amides is 4. The summed E-state index contributed by atoms with van der Waals surface area (Å²) in [6.45, 7) is 4.66. The topological polar surface area (TPSA) is 94.2 Å². The Hall–Kier alpha value is -5.08. The van der Waals surface area contributed by atoms with Gasteiger partial charge >= 0.3 is 6.03 Å². The number of nitrogens with zero attached hydrogens (tertiary/aromatic N) is 1. The van der Waals surface area contributed by atoms with E-state index in [0.717, 1.165) is 27.2 Å². The molecule has 4 aromatic rings. The number of carbonyl (C=O) groups is 3. The number of rotatable bonds is 9. The zero-order valence-corrected chi connectivity index (χ0v) is 24.6. The van der Waals surface area contributed by atoms with Gasteiger partial charge in [0.05, 0.1) is 12.8 Å². The van der Waals surface area contributed by atoms with Gasteiger partial charge in [-0.15, -0.1) is 0 Å². The van der Waals surface area contributed by atoms with Gasteiger partial charge in [0, 0.05) is 10.6 Å². The van der Waals surface area contributed by atoms with Crippen LogP contribution in [0.5, 0.6) is 17.2 Å². The van der Waals surface area contributed by atoms with Crippen molar-refractivity contribution in [2.24, 2.45) is 0 Å². The third-order valence-corrected chi connectivity index (χ3v) is 7.09. The molecule has 1 saturated heterocycles. The molecule has 218 valence electrons. The van der Waals surface area contributed by atoms with Crippen LogP contribution in [0, 0.1) is 13.8 Å². The van der Waals surface area contributed by atoms with Crippen molar-refractivity contribution < 1.29 is 28.6 Å². The molecule has 1 fully saturated rings. The highest BCUT2D eigenvalue weighted by molar-refractivity contribution is 6.39. The van der Waals surface area contributed by atoms with Crippen LogP contribution in [0.1, 0.15) is 27.8 Å². The largest absolute Gasteiger partial charge is 0.493 e. The summed E-state index contributed by atoms with van der Waals surface area (Å²) < 4.78 is 17.3. The second-order valence-corrected chi connectivity index (χ2v) is 10.4. The molecule has 0 aromatic heterocycles. The standard InChI is InChI=1S/C34H29ClN2O6/c1-21-14-22(2)16-24(15-21)19-43-30-13-8-23(18-31(30)41-3)17-28-32(38)36-34(40)37(33(28)39)26-9-11-27(12-10-26)42-20-25-6-4-5-7-29(25)35/h4-18H,19-20H2,1-3H3,(H,36,38,40)/b28-17+. The lowest BCUT2D eigenvalue weighted by Gasteiger charge is -2.26. The molecule has 1 N–H and O–H groups in total. The van der Waals surface area contributed by atoms with Crippen LogP contribution in [0.4, 0.5) is 10.5 Å². The number of barbiturate groups is 1. The normalized spacial score (nSPS) is 14.1. The van der Waals surface area contributed by atoms with E-state index in [0.29, 0.717) is 34.4 Å². The molecule has 0 spiro atoms. The Labute approximate surface area is 254 Å². The smallest absolute Gasteiger partial charge is 0.335 e. The van der Waals surface area contributed by atoms with Crippen molar-refractivity contribution in [1.82, 2.24) is 5.32 Å². The van der Waals surface area contributed by atoms with Crippen LogP contribution in [0.15, 0.2) is 90.5 Å². The molecular weight excluding hydrogens is 568 g/mol. The number of carbonyl (C=O) groups excluding carboxylic acids is 3. The molecule has 8 nitrogen and oxygen atoms in total. The molecule has 0 atom stereocenters. The number of halogens is 1. The maximum Gasteiger partial charge on any atom is 0.335 e. The fourth-order valence-electron chi connectivity index (χ4n) is 4.73. The molecule has 1 aliphatic rings. The molecule has 0 saturated carbocycles. The van der Waals surface area contributed by atoms with E-state index in [1.165, 1.54) is 13.2 Å². The number of benzene rings is 4. The van der Waals surface area contributed by atoms with Crippen LogP contribution in [0.3, 0.4) is 0 Å². The van der Waals surface area contributed by atoms with Crippen LogP contribution >= 0.6 is 11.6 Å². The number of hydrogen-bond acceptors (Lipinski definition) is 6. The Morgan fingerprint density at radius 1 is 0.814 bits per heavy atom. The first-order valence-corrected chi connectivity index (χ1v) is 13.9. The summed E-state index contributed by atoms with van der Waals surface area (Å²) in [5.74, 6) is -0.0838. The van der Waals surface area contributed by atoms with E-state index in [1.54, 1.807) is 48.5 Å². The van der Waals surface area contributed by atoms with Crippen molar-refractivity contribution in [1.29, 1.82) is 0 Å². The van der Waals surface area contributed by atoms with Crippen molar-refractivity contribution >= 4 is 41.2 Å². The van der Waals surface area contributed by atoms with Gasteiger partial charge in [-0.25, -0.2) is 9.69 Å². The van der Waals surface area contributed by atoms with Gasteiger partial charge in [-0.3, -0.25) is 14.9 Å². The highest BCUT2D eigenvalue weighted by Gasteiger charge is 2.36. The second kappa shape index (κ2) is 12.8. The van der Waals surface area contributed by atoms with E-state index < -0.39 is 17.8 Å². The minimum Gasteiger partial charge on any atom is -0.493 e. The van der Waals surface area contributed by atoms with Crippen LogP contribution in [0.2, 0.25) is 5.02 Å². The van der Waals surface area contributed by atoms with E-state index in [2.05, 4.69) is 23.5 Å². The average molecular weight is 597 g/mol. The number of urea groups is 1. The van der Waals surface area contributed by atoms with Crippen molar-refractivity contribution in [3.05, 3.63) is 123 Å². The number of methoxy groups -OCH3 is 1. The van der Waals surface area contributed by atoms with Gasteiger partial charge in [0.15, 0.2) is 11.5 Å². The number of aryl methyl sites for hydroxylation is 2. The summed E-state index contributed by atoms with van der Waals surface area (Å²) in [4.78, 5) is 39.7. The SMILES string of the molecule is COc1cc(/C=C2\C(=O)NC(=O)N(c3ccc(OCc4ccccc4Cl)cc3)C2=O)ccc1OCc1cc(C)cc(C)c1. The molecule has 0 unspecified atom stereocenters. The predicted molar refractivity (Wildman–Crippen MR) is 164 cm³/mol. The van der Waals surface area contributed by atoms with Gasteiger partial charge in [-0.2, -0.15) is 0 Å². The third-order valence-electron chi connectivity index (χ3n) is 6.72. The van der Waals surface area contributed by atoms with E-state index in [4.69, 9.17) is 25.8 Å². The fraction of sp³-hybridized carbons (Fsp3) is 0.147. The Balaban J connectivity index is 1.32. The monoisotopic (exact) mass is 596 g/mol. The zero-order valence-electron chi connectivity index (χ0n) is 23.8. The highest BCUT2D eigenvalue weighted by Crippen LogP contribution is 2.31. The minimum atomic E-state index is -0.843. The summed E-state index contributed by atoms with van der Waals surface area (Å²) in [6.07, 6.45) is 1.41. The number of anilines is 1. The van der Waals surface area contributed by atoms with Crippen LogP contribution in [-0.2, 0) is 22.8 Å². The lowest BCUT2D eigenvalue weighted by Crippen LogP contribution is -2.54. The van der Waals surface area contributed by atoms with E-state index in [9.17, 15) is 14.4 Å². The number of nitrogens with one attached hydrogen (secondary N) is 1. The quantitative estimate of drug-likeness (QED) is 0.169. The molecule has 4 amide bonds. The molecule has 0 radical (unpaired) electrons. The first kappa shape index (κ1) is 29.4. The lowest BCUT2D eigenvalue weighted by molar-refractivity contribution is -0.122. The molecule has 1 aliphatic heterocycles. The van der Waals surface area contributed by atoms with Crippen LogP contribution < -0.4 is 24.4 Å².